The average molecular weight is 302 g/mol. The fourth-order valence-corrected chi connectivity index (χ4v) is 2.63. The molecular weight excluding hydrogens is 289 g/mol. The molecule has 0 saturated carbocycles. The van der Waals surface area contributed by atoms with Gasteiger partial charge in [-0.1, -0.05) is 23.2 Å². The van der Waals surface area contributed by atoms with Gasteiger partial charge in [-0.05, 0) is 25.0 Å². The molecule has 1 fully saturated rings. The fourth-order valence-electron chi connectivity index (χ4n) is 2.16. The van der Waals surface area contributed by atoms with E-state index in [-0.39, 0.29) is 28.0 Å². The number of piperidine rings is 1. The zero-order valence-electron chi connectivity index (χ0n) is 10.1. The Balaban J connectivity index is 2.16. The molecule has 2 N–H and O–H groups in total. The van der Waals surface area contributed by atoms with E-state index < -0.39 is 0 Å². The van der Waals surface area contributed by atoms with Crippen molar-refractivity contribution in [3.05, 3.63) is 28.0 Å². The number of rotatable bonds is 2. The summed E-state index contributed by atoms with van der Waals surface area (Å²) in [5, 5.41) is 0.332. The molecule has 0 aliphatic carbocycles. The number of pyridine rings is 1. The van der Waals surface area contributed by atoms with Crippen LogP contribution in [0, 0.1) is 5.92 Å². The first-order chi connectivity index (χ1) is 8.97. The highest BCUT2D eigenvalue weighted by Crippen LogP contribution is 2.21. The number of carbonyl (C=O) groups excluding carboxylic acids is 2. The van der Waals surface area contributed by atoms with Crippen molar-refractivity contribution in [1.82, 2.24) is 9.88 Å². The number of hydrogen-bond donors (Lipinski definition) is 1. The van der Waals surface area contributed by atoms with Gasteiger partial charge in [0.2, 0.25) is 5.91 Å². The van der Waals surface area contributed by atoms with Gasteiger partial charge in [0.25, 0.3) is 5.91 Å². The average Bonchev–Trinajstić information content (AvgIpc) is 2.37. The van der Waals surface area contributed by atoms with Gasteiger partial charge >= 0.3 is 0 Å². The van der Waals surface area contributed by atoms with Crippen LogP contribution in [-0.2, 0) is 4.79 Å². The lowest BCUT2D eigenvalue weighted by Gasteiger charge is -2.31. The van der Waals surface area contributed by atoms with Crippen molar-refractivity contribution in [3.8, 4) is 0 Å². The summed E-state index contributed by atoms with van der Waals surface area (Å²) < 4.78 is 0. The molecule has 1 aliphatic heterocycles. The monoisotopic (exact) mass is 301 g/mol. The third-order valence-corrected chi connectivity index (χ3v) is 3.51. The largest absolute Gasteiger partial charge is 0.369 e. The van der Waals surface area contributed by atoms with Gasteiger partial charge < -0.3 is 10.6 Å². The number of carbonyl (C=O) groups is 2. The molecule has 2 heterocycles. The third-order valence-electron chi connectivity index (χ3n) is 3.12. The lowest BCUT2D eigenvalue weighted by atomic mass is 9.97. The van der Waals surface area contributed by atoms with Gasteiger partial charge in [-0.15, -0.1) is 0 Å². The molecule has 1 aromatic rings. The Labute approximate surface area is 120 Å². The van der Waals surface area contributed by atoms with Crippen molar-refractivity contribution >= 4 is 35.0 Å². The van der Waals surface area contributed by atoms with Crippen molar-refractivity contribution < 1.29 is 9.59 Å². The highest BCUT2D eigenvalue weighted by Gasteiger charge is 2.27. The first-order valence-electron chi connectivity index (χ1n) is 5.89. The van der Waals surface area contributed by atoms with Crippen LogP contribution in [0.15, 0.2) is 12.1 Å². The number of nitrogens with two attached hydrogens (primary N) is 1. The Bertz CT molecular complexity index is 501. The summed E-state index contributed by atoms with van der Waals surface area (Å²) in [6.45, 7) is 0.936. The van der Waals surface area contributed by atoms with Gasteiger partial charge in [0, 0.05) is 18.7 Å². The van der Waals surface area contributed by atoms with E-state index >= 15 is 0 Å². The molecule has 1 unspecified atom stereocenters. The number of halogens is 2. The van der Waals surface area contributed by atoms with Crippen LogP contribution >= 0.6 is 23.2 Å². The molecule has 1 atom stereocenters. The van der Waals surface area contributed by atoms with E-state index in [0.29, 0.717) is 18.7 Å². The highest BCUT2D eigenvalue weighted by molar-refractivity contribution is 6.33. The minimum Gasteiger partial charge on any atom is -0.369 e. The molecule has 1 aliphatic rings. The minimum atomic E-state index is -0.372. The van der Waals surface area contributed by atoms with Crippen LogP contribution in [0.4, 0.5) is 0 Å². The fraction of sp³-hybridized carbons (Fsp3) is 0.417. The molecule has 0 radical (unpaired) electrons. The topological polar surface area (TPSA) is 76.3 Å². The summed E-state index contributed by atoms with van der Waals surface area (Å²) in [5.41, 5.74) is 5.66. The molecule has 7 heteroatoms. The van der Waals surface area contributed by atoms with Gasteiger partial charge in [0.1, 0.15) is 10.3 Å². The van der Waals surface area contributed by atoms with Crippen molar-refractivity contribution in [3.63, 3.8) is 0 Å². The summed E-state index contributed by atoms with van der Waals surface area (Å²) in [5.74, 6) is -0.870. The minimum absolute atomic E-state index is 0.166. The molecule has 19 heavy (non-hydrogen) atoms. The van der Waals surface area contributed by atoms with E-state index in [1.807, 2.05) is 0 Å². The van der Waals surface area contributed by atoms with E-state index in [2.05, 4.69) is 4.98 Å². The standard InChI is InChI=1S/C12H13Cl2N3O2/c13-9-4-8(5-10(14)16-9)12(19)17-3-1-2-7(6-17)11(15)18/h4-5,7H,1-3,6H2,(H2,15,18). The predicted octanol–water partition coefficient (Wildman–Crippen LogP) is 1.73. The number of hydrogen-bond acceptors (Lipinski definition) is 3. The van der Waals surface area contributed by atoms with Crippen LogP contribution in [-0.4, -0.2) is 34.8 Å². The van der Waals surface area contributed by atoms with E-state index in [4.69, 9.17) is 28.9 Å². The van der Waals surface area contributed by atoms with Crippen LogP contribution in [0.3, 0.4) is 0 Å². The van der Waals surface area contributed by atoms with E-state index in [1.54, 1.807) is 4.90 Å². The number of aromatic nitrogens is 1. The Morgan fingerprint density at radius 2 is 1.95 bits per heavy atom. The molecule has 102 valence electrons. The zero-order chi connectivity index (χ0) is 14.0. The van der Waals surface area contributed by atoms with Crippen molar-refractivity contribution in [1.29, 1.82) is 0 Å². The van der Waals surface area contributed by atoms with Crippen LogP contribution in [0.2, 0.25) is 10.3 Å². The zero-order valence-corrected chi connectivity index (χ0v) is 11.6. The summed E-state index contributed by atoms with van der Waals surface area (Å²) in [4.78, 5) is 28.9. The molecule has 2 amide bonds. The Hall–Kier alpha value is -1.33. The number of primary amides is 1. The molecule has 0 aromatic carbocycles. The molecule has 1 saturated heterocycles. The number of likely N-dealkylation sites (tertiary alicyclic amines) is 1. The lowest BCUT2D eigenvalue weighted by molar-refractivity contribution is -0.123. The van der Waals surface area contributed by atoms with E-state index in [0.717, 1.165) is 12.8 Å². The molecule has 2 rings (SSSR count). The normalized spacial score (nSPS) is 19.3. The molecular formula is C12H13Cl2N3O2. The predicted molar refractivity (Wildman–Crippen MR) is 72.1 cm³/mol. The first-order valence-corrected chi connectivity index (χ1v) is 6.64. The quantitative estimate of drug-likeness (QED) is 0.845. The van der Waals surface area contributed by atoms with Gasteiger partial charge in [-0.3, -0.25) is 9.59 Å². The van der Waals surface area contributed by atoms with E-state index in [9.17, 15) is 9.59 Å². The first kappa shape index (κ1) is 14.1. The van der Waals surface area contributed by atoms with Crippen LogP contribution in [0.25, 0.3) is 0 Å². The number of amides is 2. The Morgan fingerprint density at radius 3 is 2.53 bits per heavy atom. The molecule has 0 bridgehead atoms. The second kappa shape index (κ2) is 5.75. The Morgan fingerprint density at radius 1 is 1.32 bits per heavy atom. The van der Waals surface area contributed by atoms with E-state index in [1.165, 1.54) is 12.1 Å². The van der Waals surface area contributed by atoms with Crippen LogP contribution in [0.1, 0.15) is 23.2 Å². The van der Waals surface area contributed by atoms with Crippen molar-refractivity contribution in [2.75, 3.05) is 13.1 Å². The van der Waals surface area contributed by atoms with Gasteiger partial charge in [-0.2, -0.15) is 0 Å². The van der Waals surface area contributed by atoms with Gasteiger partial charge in [0.05, 0.1) is 5.92 Å². The Kier molecular flexibility index (Phi) is 4.27. The second-order valence-corrected chi connectivity index (χ2v) is 5.27. The SMILES string of the molecule is NC(=O)C1CCCN(C(=O)c2cc(Cl)nc(Cl)c2)C1. The lowest BCUT2D eigenvalue weighted by Crippen LogP contribution is -2.44. The summed E-state index contributed by atoms with van der Waals surface area (Å²) >= 11 is 11.5. The maximum absolute atomic E-state index is 12.3. The number of nitrogens with zero attached hydrogens (tertiary/aromatic N) is 2. The summed E-state index contributed by atoms with van der Waals surface area (Å²) in [6, 6.07) is 2.92. The maximum Gasteiger partial charge on any atom is 0.254 e. The van der Waals surface area contributed by atoms with Crippen LogP contribution in [0.5, 0.6) is 0 Å². The summed E-state index contributed by atoms with van der Waals surface area (Å²) in [7, 11) is 0. The molecule has 0 spiro atoms. The maximum atomic E-state index is 12.3. The smallest absolute Gasteiger partial charge is 0.254 e. The second-order valence-electron chi connectivity index (χ2n) is 4.49. The van der Waals surface area contributed by atoms with Crippen molar-refractivity contribution in [2.45, 2.75) is 12.8 Å². The van der Waals surface area contributed by atoms with Gasteiger partial charge in [-0.25, -0.2) is 4.98 Å². The third kappa shape index (κ3) is 3.36. The van der Waals surface area contributed by atoms with Gasteiger partial charge in [0.15, 0.2) is 0 Å². The highest BCUT2D eigenvalue weighted by atomic mass is 35.5. The molecule has 5 nitrogen and oxygen atoms in total. The molecule has 1 aromatic heterocycles. The van der Waals surface area contributed by atoms with Crippen molar-refractivity contribution in [2.24, 2.45) is 11.7 Å². The summed E-state index contributed by atoms with van der Waals surface area (Å²) in [6.07, 6.45) is 1.48. The van der Waals surface area contributed by atoms with Crippen LogP contribution < -0.4 is 5.73 Å².